The van der Waals surface area contributed by atoms with E-state index in [0.29, 0.717) is 17.4 Å². The Balaban J connectivity index is 1.72. The minimum atomic E-state index is -0.187. The molecule has 0 atom stereocenters. The third-order valence-electron chi connectivity index (χ3n) is 3.75. The first-order valence-corrected chi connectivity index (χ1v) is 8.19. The van der Waals surface area contributed by atoms with Gasteiger partial charge >= 0.3 is 0 Å². The molecule has 0 radical (unpaired) electrons. The van der Waals surface area contributed by atoms with Gasteiger partial charge in [0.15, 0.2) is 5.13 Å². The first-order valence-electron chi connectivity index (χ1n) is 7.37. The Hall–Kier alpha value is -2.73. The van der Waals surface area contributed by atoms with Crippen molar-refractivity contribution in [3.05, 3.63) is 54.4 Å². The van der Waals surface area contributed by atoms with Crippen molar-refractivity contribution in [2.75, 3.05) is 5.32 Å². The number of anilines is 1. The van der Waals surface area contributed by atoms with Crippen LogP contribution in [0.1, 0.15) is 17.4 Å². The lowest BCUT2D eigenvalue weighted by molar-refractivity contribution is 0.101. The number of rotatable bonds is 3. The number of hydrogen-bond donors (Lipinski definition) is 1. The van der Waals surface area contributed by atoms with E-state index in [4.69, 9.17) is 0 Å². The molecule has 0 saturated heterocycles. The largest absolute Gasteiger partial charge is 0.296 e. The van der Waals surface area contributed by atoms with E-state index in [1.807, 2.05) is 25.1 Å². The molecule has 5 nitrogen and oxygen atoms in total. The van der Waals surface area contributed by atoms with E-state index in [-0.39, 0.29) is 5.91 Å². The Morgan fingerprint density at radius 2 is 2.09 bits per heavy atom. The van der Waals surface area contributed by atoms with Crippen molar-refractivity contribution in [2.45, 2.75) is 13.5 Å². The van der Waals surface area contributed by atoms with Crippen LogP contribution in [0.3, 0.4) is 0 Å². The summed E-state index contributed by atoms with van der Waals surface area (Å²) in [6, 6.07) is 14.0. The molecule has 0 saturated carbocycles. The quantitative estimate of drug-likeness (QED) is 0.622. The number of carbonyl (C=O) groups is 1. The SMILES string of the molecule is CCn1nccc1C(=O)Nc1nc2c(ccc3ccccc32)s1. The predicted octanol–water partition coefficient (Wildman–Crippen LogP) is 3.92. The summed E-state index contributed by atoms with van der Waals surface area (Å²) in [4.78, 5) is 17.0. The minimum Gasteiger partial charge on any atom is -0.296 e. The topological polar surface area (TPSA) is 59.8 Å². The Morgan fingerprint density at radius 1 is 1.22 bits per heavy atom. The second kappa shape index (κ2) is 5.48. The van der Waals surface area contributed by atoms with Crippen LogP contribution in [-0.4, -0.2) is 20.7 Å². The number of hydrogen-bond acceptors (Lipinski definition) is 4. The van der Waals surface area contributed by atoms with Gasteiger partial charge < -0.3 is 0 Å². The molecule has 114 valence electrons. The zero-order valence-electron chi connectivity index (χ0n) is 12.5. The maximum Gasteiger partial charge on any atom is 0.275 e. The first-order chi connectivity index (χ1) is 11.3. The lowest BCUT2D eigenvalue weighted by Gasteiger charge is -2.03. The molecule has 0 aliphatic carbocycles. The third-order valence-corrected chi connectivity index (χ3v) is 4.69. The van der Waals surface area contributed by atoms with E-state index in [1.54, 1.807) is 16.9 Å². The van der Waals surface area contributed by atoms with Crippen LogP contribution in [0.4, 0.5) is 5.13 Å². The van der Waals surface area contributed by atoms with Gasteiger partial charge in [0.1, 0.15) is 5.69 Å². The zero-order chi connectivity index (χ0) is 15.8. The monoisotopic (exact) mass is 322 g/mol. The number of fused-ring (bicyclic) bond motifs is 3. The normalized spacial score (nSPS) is 11.2. The summed E-state index contributed by atoms with van der Waals surface area (Å²) >= 11 is 1.48. The minimum absolute atomic E-state index is 0.187. The number of nitrogens with zero attached hydrogens (tertiary/aromatic N) is 3. The summed E-state index contributed by atoms with van der Waals surface area (Å²) in [6.07, 6.45) is 1.63. The van der Waals surface area contributed by atoms with Gasteiger partial charge in [-0.05, 0) is 24.4 Å². The fourth-order valence-electron chi connectivity index (χ4n) is 2.65. The molecule has 0 aliphatic heterocycles. The van der Waals surface area contributed by atoms with Crippen LogP contribution in [0.15, 0.2) is 48.7 Å². The highest BCUT2D eigenvalue weighted by atomic mass is 32.1. The van der Waals surface area contributed by atoms with Crippen LogP contribution in [0.2, 0.25) is 0 Å². The molecule has 0 spiro atoms. The molecule has 0 fully saturated rings. The Labute approximate surface area is 136 Å². The van der Waals surface area contributed by atoms with E-state index in [9.17, 15) is 4.79 Å². The lowest BCUT2D eigenvalue weighted by atomic mass is 10.1. The van der Waals surface area contributed by atoms with Gasteiger partial charge in [0.2, 0.25) is 0 Å². The van der Waals surface area contributed by atoms with E-state index >= 15 is 0 Å². The van der Waals surface area contributed by atoms with E-state index in [1.165, 1.54) is 11.3 Å². The van der Waals surface area contributed by atoms with Crippen molar-refractivity contribution < 1.29 is 4.79 Å². The molecule has 0 bridgehead atoms. The van der Waals surface area contributed by atoms with Crippen molar-refractivity contribution in [3.63, 3.8) is 0 Å². The second-order valence-corrected chi connectivity index (χ2v) is 6.17. The molecule has 2 aromatic heterocycles. The molecule has 1 amide bonds. The highest BCUT2D eigenvalue weighted by Crippen LogP contribution is 2.31. The molecule has 0 aliphatic rings. The van der Waals surface area contributed by atoms with Crippen LogP contribution in [0.5, 0.6) is 0 Å². The van der Waals surface area contributed by atoms with Gasteiger partial charge in [0.05, 0.1) is 10.2 Å². The highest BCUT2D eigenvalue weighted by Gasteiger charge is 2.14. The molecule has 4 rings (SSSR count). The van der Waals surface area contributed by atoms with Crippen molar-refractivity contribution in [1.29, 1.82) is 0 Å². The van der Waals surface area contributed by atoms with Gasteiger partial charge in [-0.3, -0.25) is 14.8 Å². The second-order valence-electron chi connectivity index (χ2n) is 5.14. The first kappa shape index (κ1) is 13.9. The molecule has 0 unspecified atom stereocenters. The summed E-state index contributed by atoms with van der Waals surface area (Å²) in [5, 5.41) is 9.85. The highest BCUT2D eigenvalue weighted by molar-refractivity contribution is 7.22. The van der Waals surface area contributed by atoms with Crippen molar-refractivity contribution >= 4 is 43.4 Å². The maximum absolute atomic E-state index is 12.4. The Kier molecular flexibility index (Phi) is 3.31. The maximum atomic E-state index is 12.4. The van der Waals surface area contributed by atoms with Gasteiger partial charge in [-0.2, -0.15) is 5.10 Å². The zero-order valence-corrected chi connectivity index (χ0v) is 13.3. The van der Waals surface area contributed by atoms with Crippen molar-refractivity contribution in [3.8, 4) is 0 Å². The van der Waals surface area contributed by atoms with Crippen LogP contribution in [0.25, 0.3) is 21.0 Å². The summed E-state index contributed by atoms with van der Waals surface area (Å²) in [7, 11) is 0. The molecular formula is C17H14N4OS. The van der Waals surface area contributed by atoms with Crippen LogP contribution in [0, 0.1) is 0 Å². The Bertz CT molecular complexity index is 1020. The number of aryl methyl sites for hydroxylation is 1. The number of aromatic nitrogens is 3. The number of benzene rings is 2. The fourth-order valence-corrected chi connectivity index (χ4v) is 3.53. The summed E-state index contributed by atoms with van der Waals surface area (Å²) < 4.78 is 2.72. The standard InChI is InChI=1S/C17H14N4OS/c1-2-21-13(9-10-18-21)16(22)20-17-19-15-12-6-4-3-5-11(12)7-8-14(15)23-17/h3-10H,2H2,1H3,(H,19,20,22). The molecule has 1 N–H and O–H groups in total. The molecule has 2 aromatic carbocycles. The number of thiazole rings is 1. The van der Waals surface area contributed by atoms with Gasteiger partial charge in [-0.1, -0.05) is 41.7 Å². The van der Waals surface area contributed by atoms with Crippen molar-refractivity contribution in [2.24, 2.45) is 0 Å². The van der Waals surface area contributed by atoms with E-state index < -0.39 is 0 Å². The number of carbonyl (C=O) groups excluding carboxylic acids is 1. The molecule has 4 aromatic rings. The van der Waals surface area contributed by atoms with Crippen LogP contribution in [-0.2, 0) is 6.54 Å². The average molecular weight is 322 g/mol. The third kappa shape index (κ3) is 2.37. The smallest absolute Gasteiger partial charge is 0.275 e. The van der Waals surface area contributed by atoms with Crippen LogP contribution < -0.4 is 5.32 Å². The van der Waals surface area contributed by atoms with Crippen LogP contribution >= 0.6 is 11.3 Å². The van der Waals surface area contributed by atoms with E-state index in [2.05, 4.69) is 33.6 Å². The summed E-state index contributed by atoms with van der Waals surface area (Å²) in [6.45, 7) is 2.61. The molecule has 23 heavy (non-hydrogen) atoms. The summed E-state index contributed by atoms with van der Waals surface area (Å²) in [5.41, 5.74) is 1.46. The van der Waals surface area contributed by atoms with Gasteiger partial charge in [0, 0.05) is 18.1 Å². The predicted molar refractivity (Wildman–Crippen MR) is 93.0 cm³/mol. The average Bonchev–Trinajstić information content (AvgIpc) is 3.20. The van der Waals surface area contributed by atoms with Gasteiger partial charge in [-0.15, -0.1) is 0 Å². The fraction of sp³-hybridized carbons (Fsp3) is 0.118. The Morgan fingerprint density at radius 3 is 2.96 bits per heavy atom. The lowest BCUT2D eigenvalue weighted by Crippen LogP contribution is -2.17. The van der Waals surface area contributed by atoms with E-state index in [0.717, 1.165) is 21.0 Å². The molecule has 2 heterocycles. The summed E-state index contributed by atoms with van der Waals surface area (Å²) in [5.74, 6) is -0.187. The van der Waals surface area contributed by atoms with Crippen molar-refractivity contribution in [1.82, 2.24) is 14.8 Å². The van der Waals surface area contributed by atoms with Gasteiger partial charge in [-0.25, -0.2) is 4.98 Å². The number of nitrogens with one attached hydrogen (secondary N) is 1. The molecular weight excluding hydrogens is 308 g/mol. The number of amides is 1. The molecule has 6 heteroatoms. The van der Waals surface area contributed by atoms with Gasteiger partial charge in [0.25, 0.3) is 5.91 Å².